The Morgan fingerprint density at radius 3 is 2.81 bits per heavy atom. The van der Waals surface area contributed by atoms with Crippen molar-refractivity contribution in [3.05, 3.63) is 11.8 Å². The zero-order valence-corrected chi connectivity index (χ0v) is 9.64. The zero-order valence-electron chi connectivity index (χ0n) is 9.64. The van der Waals surface area contributed by atoms with Crippen molar-refractivity contribution in [2.75, 3.05) is 7.05 Å². The molecule has 2 amide bonds. The van der Waals surface area contributed by atoms with Gasteiger partial charge in [-0.3, -0.25) is 9.59 Å². The van der Waals surface area contributed by atoms with Gasteiger partial charge in [-0.05, 0) is 26.2 Å². The number of primary amides is 1. The fourth-order valence-corrected chi connectivity index (χ4v) is 2.56. The number of carbonyl (C=O) groups excluding carboxylic acids is 2. The summed E-state index contributed by atoms with van der Waals surface area (Å²) in [5, 5.41) is 0. The van der Waals surface area contributed by atoms with Crippen LogP contribution in [0.25, 0.3) is 0 Å². The van der Waals surface area contributed by atoms with E-state index in [1.807, 2.05) is 18.9 Å². The van der Waals surface area contributed by atoms with Crippen LogP contribution in [0, 0.1) is 0 Å². The Morgan fingerprint density at radius 2 is 2.19 bits per heavy atom. The molecule has 2 heterocycles. The molecular formula is C11H17N3O2. The molecule has 0 spiro atoms. The number of fused-ring (bicyclic) bond motifs is 1. The Kier molecular flexibility index (Phi) is 2.61. The largest absolute Gasteiger partial charge is 0.365 e. The Labute approximate surface area is 94.9 Å². The lowest BCUT2D eigenvalue weighted by molar-refractivity contribution is -0.141. The van der Waals surface area contributed by atoms with E-state index in [1.165, 1.54) is 0 Å². The lowest BCUT2D eigenvalue weighted by Gasteiger charge is -2.47. The Bertz CT molecular complexity index is 364. The first-order chi connectivity index (χ1) is 7.52. The van der Waals surface area contributed by atoms with Gasteiger partial charge in [0.1, 0.15) is 11.7 Å². The van der Waals surface area contributed by atoms with Gasteiger partial charge in [-0.1, -0.05) is 0 Å². The van der Waals surface area contributed by atoms with Crippen LogP contribution in [-0.4, -0.2) is 40.9 Å². The summed E-state index contributed by atoms with van der Waals surface area (Å²) in [6.07, 6.45) is 4.71. The summed E-state index contributed by atoms with van der Waals surface area (Å²) >= 11 is 0. The number of nitrogens with two attached hydrogens (primary N) is 1. The molecule has 2 rings (SSSR count). The first-order valence-electron chi connectivity index (χ1n) is 5.58. The van der Waals surface area contributed by atoms with E-state index in [0.717, 1.165) is 19.3 Å². The molecule has 1 fully saturated rings. The Morgan fingerprint density at radius 1 is 1.50 bits per heavy atom. The molecule has 16 heavy (non-hydrogen) atoms. The van der Waals surface area contributed by atoms with Crippen LogP contribution in [0.5, 0.6) is 0 Å². The van der Waals surface area contributed by atoms with Crippen molar-refractivity contribution in [3.8, 4) is 0 Å². The fourth-order valence-electron chi connectivity index (χ4n) is 2.56. The van der Waals surface area contributed by atoms with E-state index in [2.05, 4.69) is 0 Å². The summed E-state index contributed by atoms with van der Waals surface area (Å²) in [5.41, 5.74) is 5.30. The van der Waals surface area contributed by atoms with Crippen LogP contribution in [0.1, 0.15) is 26.2 Å². The Hall–Kier alpha value is -1.52. The van der Waals surface area contributed by atoms with Gasteiger partial charge in [0, 0.05) is 19.3 Å². The van der Waals surface area contributed by atoms with Crippen LogP contribution in [-0.2, 0) is 9.59 Å². The third kappa shape index (κ3) is 1.56. The molecule has 0 saturated carbocycles. The van der Waals surface area contributed by atoms with E-state index in [-0.39, 0.29) is 23.7 Å². The zero-order chi connectivity index (χ0) is 11.9. The van der Waals surface area contributed by atoms with Crippen LogP contribution in [0.15, 0.2) is 11.8 Å². The average molecular weight is 223 g/mol. The van der Waals surface area contributed by atoms with E-state index in [1.54, 1.807) is 11.1 Å². The second kappa shape index (κ2) is 3.81. The lowest BCUT2D eigenvalue weighted by atomic mass is 9.97. The van der Waals surface area contributed by atoms with Crippen LogP contribution in [0.3, 0.4) is 0 Å². The van der Waals surface area contributed by atoms with Crippen molar-refractivity contribution in [2.45, 2.75) is 38.4 Å². The highest BCUT2D eigenvalue weighted by Crippen LogP contribution is 2.29. The van der Waals surface area contributed by atoms with Crippen LogP contribution < -0.4 is 5.73 Å². The molecule has 88 valence electrons. The van der Waals surface area contributed by atoms with Crippen molar-refractivity contribution >= 4 is 11.8 Å². The summed E-state index contributed by atoms with van der Waals surface area (Å²) in [7, 11) is 1.88. The molecular weight excluding hydrogens is 206 g/mol. The molecule has 2 aliphatic heterocycles. The normalized spacial score (nSPS) is 29.9. The number of piperidine rings is 1. The SMILES string of the molecule is C[C@@H]1CCC[C@H]2N(C)C=C(C(N)=O)C(=O)N12. The molecule has 1 saturated heterocycles. The number of hydrogen-bond donors (Lipinski definition) is 1. The smallest absolute Gasteiger partial charge is 0.262 e. The summed E-state index contributed by atoms with van der Waals surface area (Å²) in [5.74, 6) is -0.865. The van der Waals surface area contributed by atoms with Crippen molar-refractivity contribution < 1.29 is 9.59 Å². The second-order valence-electron chi connectivity index (χ2n) is 4.55. The van der Waals surface area contributed by atoms with E-state index in [4.69, 9.17) is 5.73 Å². The third-order valence-electron chi connectivity index (χ3n) is 3.41. The van der Waals surface area contributed by atoms with E-state index in [0.29, 0.717) is 0 Å². The summed E-state index contributed by atoms with van der Waals surface area (Å²) in [4.78, 5) is 27.0. The molecule has 2 aliphatic rings. The Balaban J connectivity index is 2.36. The van der Waals surface area contributed by atoms with Crippen molar-refractivity contribution in [1.82, 2.24) is 9.80 Å². The molecule has 5 nitrogen and oxygen atoms in total. The molecule has 0 bridgehead atoms. The maximum absolute atomic E-state index is 12.1. The minimum absolute atomic E-state index is 0.0827. The molecule has 2 atom stereocenters. The molecule has 0 unspecified atom stereocenters. The highest BCUT2D eigenvalue weighted by molar-refractivity contribution is 6.18. The first-order valence-corrected chi connectivity index (χ1v) is 5.58. The molecule has 0 radical (unpaired) electrons. The van der Waals surface area contributed by atoms with Gasteiger partial charge in [-0.15, -0.1) is 0 Å². The molecule has 0 aliphatic carbocycles. The van der Waals surface area contributed by atoms with Crippen LogP contribution in [0.4, 0.5) is 0 Å². The van der Waals surface area contributed by atoms with Crippen LogP contribution >= 0.6 is 0 Å². The van der Waals surface area contributed by atoms with Gasteiger partial charge >= 0.3 is 0 Å². The van der Waals surface area contributed by atoms with Crippen LogP contribution in [0.2, 0.25) is 0 Å². The number of rotatable bonds is 1. The van der Waals surface area contributed by atoms with E-state index >= 15 is 0 Å². The molecule has 5 heteroatoms. The van der Waals surface area contributed by atoms with E-state index < -0.39 is 5.91 Å². The summed E-state index contributed by atoms with van der Waals surface area (Å²) in [6.45, 7) is 2.02. The molecule has 2 N–H and O–H groups in total. The van der Waals surface area contributed by atoms with Crippen molar-refractivity contribution in [2.24, 2.45) is 5.73 Å². The average Bonchev–Trinajstić information content (AvgIpc) is 2.22. The van der Waals surface area contributed by atoms with Gasteiger partial charge in [0.2, 0.25) is 0 Å². The summed E-state index contributed by atoms with van der Waals surface area (Å²) in [6, 6.07) is 0.178. The van der Waals surface area contributed by atoms with Crippen molar-refractivity contribution in [3.63, 3.8) is 0 Å². The van der Waals surface area contributed by atoms with Gasteiger partial charge in [0.15, 0.2) is 0 Å². The number of carbonyl (C=O) groups is 2. The highest BCUT2D eigenvalue weighted by Gasteiger charge is 2.39. The first kappa shape index (κ1) is 11.0. The van der Waals surface area contributed by atoms with Gasteiger partial charge in [-0.2, -0.15) is 0 Å². The highest BCUT2D eigenvalue weighted by atomic mass is 16.2. The lowest BCUT2D eigenvalue weighted by Crippen LogP contribution is -2.58. The maximum Gasteiger partial charge on any atom is 0.262 e. The number of nitrogens with zero attached hydrogens (tertiary/aromatic N) is 2. The standard InChI is InChI=1S/C11H17N3O2/c1-7-4-3-5-9-13(2)6-8(10(12)15)11(16)14(7)9/h6-7,9H,3-5H2,1-2H3,(H2,12,15)/t7-,9+/m1/s1. The quantitative estimate of drug-likeness (QED) is 0.638. The van der Waals surface area contributed by atoms with E-state index in [9.17, 15) is 9.59 Å². The third-order valence-corrected chi connectivity index (χ3v) is 3.41. The monoisotopic (exact) mass is 223 g/mol. The topological polar surface area (TPSA) is 66.6 Å². The second-order valence-corrected chi connectivity index (χ2v) is 4.55. The van der Waals surface area contributed by atoms with Gasteiger partial charge in [0.25, 0.3) is 11.8 Å². The minimum Gasteiger partial charge on any atom is -0.365 e. The predicted molar refractivity (Wildman–Crippen MR) is 59.0 cm³/mol. The molecule has 0 aromatic carbocycles. The van der Waals surface area contributed by atoms with Gasteiger partial charge in [-0.25, -0.2) is 0 Å². The molecule has 0 aromatic heterocycles. The molecule has 0 aromatic rings. The van der Waals surface area contributed by atoms with Gasteiger partial charge in [0.05, 0.1) is 0 Å². The van der Waals surface area contributed by atoms with Crippen molar-refractivity contribution in [1.29, 1.82) is 0 Å². The predicted octanol–water partition coefficient (Wildman–Crippen LogP) is 0.0281. The minimum atomic E-state index is -0.645. The van der Waals surface area contributed by atoms with Gasteiger partial charge < -0.3 is 15.5 Å². The summed E-state index contributed by atoms with van der Waals surface area (Å²) < 4.78 is 0. The maximum atomic E-state index is 12.1. The number of amides is 2. The fraction of sp³-hybridized carbons (Fsp3) is 0.636. The number of hydrogen-bond acceptors (Lipinski definition) is 3.